The van der Waals surface area contributed by atoms with E-state index in [0.717, 1.165) is 12.0 Å². The van der Waals surface area contributed by atoms with Crippen molar-refractivity contribution in [3.63, 3.8) is 0 Å². The summed E-state index contributed by atoms with van der Waals surface area (Å²) in [7, 11) is 0. The molecule has 104 valence electrons. The Hall–Kier alpha value is -1.43. The van der Waals surface area contributed by atoms with Crippen LogP contribution in [0, 0.1) is 0 Å². The van der Waals surface area contributed by atoms with E-state index in [1.165, 1.54) is 0 Å². The van der Waals surface area contributed by atoms with Crippen molar-refractivity contribution in [3.05, 3.63) is 51.9 Å². The number of halogens is 2. The van der Waals surface area contributed by atoms with Crippen molar-refractivity contribution in [2.24, 2.45) is 5.73 Å². The first-order chi connectivity index (χ1) is 9.58. The number of rotatable bonds is 5. The van der Waals surface area contributed by atoms with Gasteiger partial charge in [-0.15, -0.1) is 0 Å². The first kappa shape index (κ1) is 15.0. The molecule has 0 unspecified atom stereocenters. The second kappa shape index (κ2) is 6.83. The molecule has 0 aliphatic rings. The van der Waals surface area contributed by atoms with Crippen LogP contribution in [-0.2, 0) is 6.42 Å². The summed E-state index contributed by atoms with van der Waals surface area (Å²) in [5.74, 6) is 0.574. The van der Waals surface area contributed by atoms with E-state index in [1.807, 2.05) is 12.1 Å². The highest BCUT2D eigenvalue weighted by molar-refractivity contribution is 7.80. The van der Waals surface area contributed by atoms with E-state index in [4.69, 9.17) is 41.2 Å². The molecule has 0 aliphatic carbocycles. The van der Waals surface area contributed by atoms with Gasteiger partial charge in [-0.1, -0.05) is 41.5 Å². The number of aromatic nitrogens is 2. The summed E-state index contributed by atoms with van der Waals surface area (Å²) < 4.78 is 0. The molecule has 0 atom stereocenters. The van der Waals surface area contributed by atoms with Gasteiger partial charge >= 0.3 is 0 Å². The van der Waals surface area contributed by atoms with Gasteiger partial charge in [-0.2, -0.15) is 0 Å². The molecule has 7 heteroatoms. The lowest BCUT2D eigenvalue weighted by Crippen LogP contribution is -2.17. The number of anilines is 1. The number of nitrogens with one attached hydrogen (secondary N) is 1. The molecule has 0 spiro atoms. The van der Waals surface area contributed by atoms with Crippen molar-refractivity contribution in [2.45, 2.75) is 6.42 Å². The molecule has 3 N–H and O–H groups in total. The van der Waals surface area contributed by atoms with E-state index in [2.05, 4.69) is 15.3 Å². The first-order valence-corrected chi connectivity index (χ1v) is 7.03. The minimum atomic E-state index is 0.213. The van der Waals surface area contributed by atoms with Crippen molar-refractivity contribution in [2.75, 3.05) is 11.9 Å². The van der Waals surface area contributed by atoms with Crippen LogP contribution in [0.15, 0.2) is 30.6 Å². The first-order valence-electron chi connectivity index (χ1n) is 5.86. The molecule has 4 nitrogen and oxygen atoms in total. The average molecular weight is 327 g/mol. The van der Waals surface area contributed by atoms with Gasteiger partial charge in [-0.25, -0.2) is 9.97 Å². The maximum Gasteiger partial charge on any atom is 0.155 e. The van der Waals surface area contributed by atoms with Gasteiger partial charge in [0.05, 0.1) is 0 Å². The second-order valence-electron chi connectivity index (χ2n) is 4.03. The van der Waals surface area contributed by atoms with E-state index in [-0.39, 0.29) is 4.99 Å². The summed E-state index contributed by atoms with van der Waals surface area (Å²) in [4.78, 5) is 8.48. The topological polar surface area (TPSA) is 63.8 Å². The average Bonchev–Trinajstić information content (AvgIpc) is 2.41. The van der Waals surface area contributed by atoms with Crippen molar-refractivity contribution in [1.29, 1.82) is 0 Å². The third kappa shape index (κ3) is 3.79. The minimum absolute atomic E-state index is 0.213. The number of hydrogen-bond acceptors (Lipinski definition) is 4. The molecular formula is C13H12Cl2N4S. The molecule has 2 aromatic rings. The van der Waals surface area contributed by atoms with Crippen LogP contribution in [0.2, 0.25) is 10.0 Å². The molecular weight excluding hydrogens is 315 g/mol. The van der Waals surface area contributed by atoms with Gasteiger partial charge in [0.1, 0.15) is 10.7 Å². The van der Waals surface area contributed by atoms with Crippen LogP contribution < -0.4 is 11.1 Å². The van der Waals surface area contributed by atoms with Crippen LogP contribution in [0.3, 0.4) is 0 Å². The Balaban J connectivity index is 2.01. The van der Waals surface area contributed by atoms with Crippen molar-refractivity contribution >= 4 is 46.2 Å². The van der Waals surface area contributed by atoms with Crippen LogP contribution in [0.25, 0.3) is 0 Å². The molecule has 1 aromatic heterocycles. The van der Waals surface area contributed by atoms with Gasteiger partial charge in [-0.05, 0) is 24.1 Å². The summed E-state index contributed by atoms with van der Waals surface area (Å²) in [6, 6.07) is 5.43. The predicted octanol–water partition coefficient (Wildman–Crippen LogP) is 3.07. The molecule has 0 saturated carbocycles. The summed E-state index contributed by atoms with van der Waals surface area (Å²) >= 11 is 16.9. The molecule has 0 amide bonds. The Morgan fingerprint density at radius 3 is 2.70 bits per heavy atom. The summed E-state index contributed by atoms with van der Waals surface area (Å²) in [5, 5.41) is 4.42. The Morgan fingerprint density at radius 2 is 2.00 bits per heavy atom. The van der Waals surface area contributed by atoms with Gasteiger partial charge in [0.2, 0.25) is 0 Å². The highest BCUT2D eigenvalue weighted by Crippen LogP contribution is 2.21. The van der Waals surface area contributed by atoms with Crippen LogP contribution in [0.1, 0.15) is 11.3 Å². The van der Waals surface area contributed by atoms with E-state index in [9.17, 15) is 0 Å². The fourth-order valence-electron chi connectivity index (χ4n) is 1.69. The lowest BCUT2D eigenvalue weighted by molar-refractivity contribution is 0.997. The quantitative estimate of drug-likeness (QED) is 0.827. The Bertz CT molecular complexity index is 634. The Morgan fingerprint density at radius 1 is 1.25 bits per heavy atom. The van der Waals surface area contributed by atoms with E-state index < -0.39 is 0 Å². The number of benzene rings is 1. The maximum atomic E-state index is 6.11. The van der Waals surface area contributed by atoms with Crippen LogP contribution in [0.5, 0.6) is 0 Å². The van der Waals surface area contributed by atoms with Crippen molar-refractivity contribution in [3.8, 4) is 0 Å². The van der Waals surface area contributed by atoms with Gasteiger partial charge in [0.15, 0.2) is 5.82 Å². The lowest BCUT2D eigenvalue weighted by atomic mass is 10.1. The van der Waals surface area contributed by atoms with Crippen molar-refractivity contribution in [1.82, 2.24) is 9.97 Å². The SMILES string of the molecule is NC(=S)c1nccnc1NCCc1ccc(Cl)cc1Cl. The largest absolute Gasteiger partial charge is 0.388 e. The normalized spacial score (nSPS) is 10.3. The molecule has 0 fully saturated rings. The molecule has 1 aromatic carbocycles. The number of thiocarbonyl (C=S) groups is 1. The highest BCUT2D eigenvalue weighted by Gasteiger charge is 2.07. The number of nitrogens with two attached hydrogens (primary N) is 1. The van der Waals surface area contributed by atoms with Gasteiger partial charge in [-0.3, -0.25) is 0 Å². The molecule has 1 heterocycles. The minimum Gasteiger partial charge on any atom is -0.388 e. The van der Waals surface area contributed by atoms with Gasteiger partial charge < -0.3 is 11.1 Å². The van der Waals surface area contributed by atoms with E-state index >= 15 is 0 Å². The third-order valence-electron chi connectivity index (χ3n) is 2.63. The molecule has 20 heavy (non-hydrogen) atoms. The zero-order valence-electron chi connectivity index (χ0n) is 10.4. The number of nitrogens with zero attached hydrogens (tertiary/aromatic N) is 2. The fourth-order valence-corrected chi connectivity index (χ4v) is 2.34. The molecule has 0 aliphatic heterocycles. The van der Waals surface area contributed by atoms with Crippen LogP contribution >= 0.6 is 35.4 Å². The monoisotopic (exact) mass is 326 g/mol. The second-order valence-corrected chi connectivity index (χ2v) is 5.31. The maximum absolute atomic E-state index is 6.11. The van der Waals surface area contributed by atoms with Crippen molar-refractivity contribution < 1.29 is 0 Å². The summed E-state index contributed by atoms with van der Waals surface area (Å²) in [6.07, 6.45) is 3.86. The molecule has 2 rings (SSSR count). The van der Waals surface area contributed by atoms with Crippen LogP contribution in [-0.4, -0.2) is 21.5 Å². The Labute approximate surface area is 132 Å². The van der Waals surface area contributed by atoms with Crippen LogP contribution in [0.4, 0.5) is 5.82 Å². The Kier molecular flexibility index (Phi) is 5.11. The smallest absolute Gasteiger partial charge is 0.155 e. The molecule has 0 bridgehead atoms. The van der Waals surface area contributed by atoms with Gasteiger partial charge in [0, 0.05) is 29.0 Å². The predicted molar refractivity (Wildman–Crippen MR) is 86.6 cm³/mol. The molecule has 0 saturated heterocycles. The lowest BCUT2D eigenvalue weighted by Gasteiger charge is -2.09. The zero-order valence-corrected chi connectivity index (χ0v) is 12.8. The third-order valence-corrected chi connectivity index (χ3v) is 3.41. The molecule has 0 radical (unpaired) electrons. The highest BCUT2D eigenvalue weighted by atomic mass is 35.5. The standard InChI is InChI=1S/C13H12Cl2N4S/c14-9-2-1-8(10(15)7-9)3-4-18-13-11(12(16)20)17-5-6-19-13/h1-2,5-7H,3-4H2,(H2,16,20)(H,18,19). The van der Waals surface area contributed by atoms with Gasteiger partial charge in [0.25, 0.3) is 0 Å². The zero-order chi connectivity index (χ0) is 14.5. The van der Waals surface area contributed by atoms with E-state index in [1.54, 1.807) is 18.5 Å². The summed E-state index contributed by atoms with van der Waals surface area (Å²) in [5.41, 5.74) is 7.09. The van der Waals surface area contributed by atoms with E-state index in [0.29, 0.717) is 28.1 Å². The number of hydrogen-bond donors (Lipinski definition) is 2. The summed E-state index contributed by atoms with van der Waals surface area (Å²) in [6.45, 7) is 0.635. The fraction of sp³-hybridized carbons (Fsp3) is 0.154.